The molecule has 1 spiro atoms. The number of nitrogens with zero attached hydrogens (tertiary/aromatic N) is 2. The van der Waals surface area contributed by atoms with Gasteiger partial charge in [0.15, 0.2) is 0 Å². The summed E-state index contributed by atoms with van der Waals surface area (Å²) >= 11 is 7.92. The van der Waals surface area contributed by atoms with E-state index in [1.54, 1.807) is 0 Å². The van der Waals surface area contributed by atoms with Crippen LogP contribution >= 0.6 is 11.6 Å². The van der Waals surface area contributed by atoms with Crippen molar-refractivity contribution >= 4 is 68.8 Å². The molecule has 0 saturated carbocycles. The molecule has 18 rings (SSSR count). The van der Waals surface area contributed by atoms with Crippen molar-refractivity contribution < 1.29 is 17.8 Å². The lowest BCUT2D eigenvalue weighted by atomic mass is 9.33. The molecule has 438 valence electrons. The Morgan fingerprint density at radius 2 is 0.871 bits per heavy atom. The molecule has 4 aliphatic rings. The maximum atomic E-state index is 10.1. The van der Waals surface area contributed by atoms with Crippen LogP contribution < -0.4 is 26.2 Å². The van der Waals surface area contributed by atoms with Gasteiger partial charge in [-0.2, -0.15) is 0 Å². The van der Waals surface area contributed by atoms with Crippen molar-refractivity contribution in [2.24, 2.45) is 0 Å². The third-order valence-electron chi connectivity index (χ3n) is 19.4. The largest absolute Gasteiger partial charge is 0.311 e. The SMILES string of the molecule is [2H]c1c([2H])c([2H])c(-c2ccc3c(c2)N(c2ccc(C(C)(C)C)cc2-c2ccccc2)c2cc(Cl)cc4c2B3c2cc(-c3cccc5c3C3(c6ccccc6-5)c5c([2H])c([2H])c([2H])c([2H])c5-c5c([2H])c([2H])c([2H])c([2H])c53)ccc2N4c2c(-c3ccccc3)cc(-c3ccccc3)cc2-c2ccccc2)c([2H])c1[2H]. The molecule has 14 aromatic rings. The minimum absolute atomic E-state index is 0.0193. The maximum absolute atomic E-state index is 10.1. The smallest absolute Gasteiger partial charge is 0.252 e. The van der Waals surface area contributed by atoms with Crippen LogP contribution in [-0.4, -0.2) is 6.71 Å². The van der Waals surface area contributed by atoms with Gasteiger partial charge < -0.3 is 9.80 Å². The molecular weight excluding hydrogens is 1140 g/mol. The Morgan fingerprint density at radius 1 is 0.333 bits per heavy atom. The van der Waals surface area contributed by atoms with Gasteiger partial charge in [0.2, 0.25) is 0 Å². The third kappa shape index (κ3) is 8.43. The number of rotatable bonds is 8. The van der Waals surface area contributed by atoms with Crippen LogP contribution in [0.4, 0.5) is 34.1 Å². The van der Waals surface area contributed by atoms with E-state index < -0.39 is 66.5 Å². The van der Waals surface area contributed by atoms with Crippen molar-refractivity contribution in [2.75, 3.05) is 9.80 Å². The second-order valence-corrected chi connectivity index (χ2v) is 25.8. The topological polar surface area (TPSA) is 6.48 Å². The van der Waals surface area contributed by atoms with Crippen molar-refractivity contribution in [3.63, 3.8) is 0 Å². The zero-order valence-corrected chi connectivity index (χ0v) is 51.7. The van der Waals surface area contributed by atoms with Crippen LogP contribution in [0.25, 0.3) is 89.0 Å². The van der Waals surface area contributed by atoms with Gasteiger partial charge in [0.25, 0.3) is 6.71 Å². The average molecular weight is 1220 g/mol. The molecule has 0 amide bonds. The predicted molar refractivity (Wildman–Crippen MR) is 393 cm³/mol. The fourth-order valence-corrected chi connectivity index (χ4v) is 15.6. The molecule has 93 heavy (non-hydrogen) atoms. The molecule has 0 fully saturated rings. The fraction of sp³-hybridized carbons (Fsp3) is 0.0562. The van der Waals surface area contributed by atoms with E-state index in [2.05, 4.69) is 128 Å². The highest BCUT2D eigenvalue weighted by atomic mass is 35.5. The van der Waals surface area contributed by atoms with E-state index in [1.807, 2.05) is 146 Å². The Hall–Kier alpha value is -11.0. The zero-order valence-electron chi connectivity index (χ0n) is 63.9. The molecule has 2 aliphatic carbocycles. The molecule has 14 aromatic carbocycles. The maximum Gasteiger partial charge on any atom is 0.252 e. The van der Waals surface area contributed by atoms with E-state index in [0.29, 0.717) is 44.2 Å². The standard InChI is InChI=1S/C89H62BClN2/c1-88(2,3)65-46-49-80(72(54-65)59-30-13-6-14-31-59)92-82-53-62(57-26-9-4-10-27-57)44-47-78(82)90-79-52-63(67-39-25-40-71-70-38-21-24-43-77(70)89(85(67)71)75-41-22-19-36-68(75)69-37-20-23-42-76(69)89)45-48-81(79)93(84-56-66(91)55-83(92)86(84)90)87-73(60-32-15-7-16-33-60)50-64(58-28-11-5-12-29-58)51-74(87)61-34-17-8-18-35-61/h4-56H,1-3H3/i4D,9D,10D,19D,20D,22D,23D,26D,27D,36D,37D,41D,42D. The molecule has 2 heterocycles. The van der Waals surface area contributed by atoms with Crippen LogP contribution in [0, 0.1) is 0 Å². The van der Waals surface area contributed by atoms with Gasteiger partial charge in [0, 0.05) is 44.5 Å². The molecule has 0 radical (unpaired) electrons. The first-order valence-corrected chi connectivity index (χ1v) is 31.8. The number of halogens is 1. The van der Waals surface area contributed by atoms with Crippen molar-refractivity contribution in [3.05, 3.63) is 354 Å². The van der Waals surface area contributed by atoms with E-state index in [-0.39, 0.29) is 57.4 Å². The van der Waals surface area contributed by atoms with Crippen LogP contribution in [0.15, 0.2) is 321 Å². The third-order valence-corrected chi connectivity index (χ3v) is 19.6. The second kappa shape index (κ2) is 21.3. The molecular formula is C89H62BClN2. The van der Waals surface area contributed by atoms with Gasteiger partial charge in [0.05, 0.1) is 34.6 Å². The Labute approximate surface area is 568 Å². The lowest BCUT2D eigenvalue weighted by molar-refractivity contribution is 0.590. The van der Waals surface area contributed by atoms with Gasteiger partial charge in [-0.1, -0.05) is 305 Å². The molecule has 0 aromatic heterocycles. The lowest BCUT2D eigenvalue weighted by Gasteiger charge is -2.45. The lowest BCUT2D eigenvalue weighted by Crippen LogP contribution is -2.61. The highest BCUT2D eigenvalue weighted by molar-refractivity contribution is 7.00. The summed E-state index contributed by atoms with van der Waals surface area (Å²) in [6.45, 7) is 5.89. The number of fused-ring (bicyclic) bond motifs is 14. The van der Waals surface area contributed by atoms with Crippen molar-refractivity contribution in [3.8, 4) is 89.0 Å². The summed E-state index contributed by atoms with van der Waals surface area (Å²) in [5.74, 6) is 0. The average Bonchev–Trinajstić information content (AvgIpc) is 1.45. The molecule has 0 N–H and O–H groups in total. The summed E-state index contributed by atoms with van der Waals surface area (Å²) in [7, 11) is 0. The Balaban J connectivity index is 1.00. The van der Waals surface area contributed by atoms with E-state index >= 15 is 0 Å². The summed E-state index contributed by atoms with van der Waals surface area (Å²) in [6, 6.07) is 76.6. The van der Waals surface area contributed by atoms with E-state index in [4.69, 9.17) is 18.5 Å². The van der Waals surface area contributed by atoms with Crippen molar-refractivity contribution in [1.82, 2.24) is 0 Å². The molecule has 2 nitrogen and oxygen atoms in total. The van der Waals surface area contributed by atoms with E-state index in [1.165, 1.54) is 0 Å². The van der Waals surface area contributed by atoms with Crippen LogP contribution in [0.1, 0.15) is 66.4 Å². The summed E-state index contributed by atoms with van der Waals surface area (Å²) in [5, 5.41) is 0.418. The number of hydrogen-bond donors (Lipinski definition) is 0. The summed E-state index contributed by atoms with van der Waals surface area (Å²) in [5.41, 5.74) is 18.4. The summed E-state index contributed by atoms with van der Waals surface area (Å²) in [4.78, 5) is 4.59. The monoisotopic (exact) mass is 1220 g/mol. The normalized spacial score (nSPS) is 15.4. The zero-order chi connectivity index (χ0) is 73.4. The molecule has 0 unspecified atom stereocenters. The molecule has 0 saturated heterocycles. The molecule has 4 heteroatoms. The predicted octanol–water partition coefficient (Wildman–Crippen LogP) is 22.1. The quantitative estimate of drug-likeness (QED) is 0.140. The van der Waals surface area contributed by atoms with Gasteiger partial charge in [-0.05, 0) is 170 Å². The summed E-state index contributed by atoms with van der Waals surface area (Å²) in [6.07, 6.45) is 0. The Morgan fingerprint density at radius 3 is 1.52 bits per heavy atom. The highest BCUT2D eigenvalue weighted by Gasteiger charge is 2.53. The van der Waals surface area contributed by atoms with E-state index in [0.717, 1.165) is 100 Å². The van der Waals surface area contributed by atoms with Gasteiger partial charge >= 0.3 is 0 Å². The van der Waals surface area contributed by atoms with Crippen LogP contribution in [0.3, 0.4) is 0 Å². The molecule has 0 bridgehead atoms. The van der Waals surface area contributed by atoms with Crippen LogP contribution in [0.5, 0.6) is 0 Å². The van der Waals surface area contributed by atoms with Gasteiger partial charge in [-0.25, -0.2) is 0 Å². The van der Waals surface area contributed by atoms with Gasteiger partial charge in [-0.15, -0.1) is 0 Å². The van der Waals surface area contributed by atoms with Gasteiger partial charge in [-0.3, -0.25) is 0 Å². The van der Waals surface area contributed by atoms with Gasteiger partial charge in [0.1, 0.15) is 0 Å². The minimum atomic E-state index is -1.73. The first-order valence-electron chi connectivity index (χ1n) is 37.9. The number of hydrogen-bond acceptors (Lipinski definition) is 2. The fourth-order valence-electron chi connectivity index (χ4n) is 15.4. The number of benzene rings is 14. The first kappa shape index (κ1) is 42.9. The van der Waals surface area contributed by atoms with Crippen LogP contribution in [-0.2, 0) is 10.8 Å². The van der Waals surface area contributed by atoms with Crippen molar-refractivity contribution in [2.45, 2.75) is 31.6 Å². The molecule has 2 aliphatic heterocycles. The van der Waals surface area contributed by atoms with Crippen LogP contribution in [0.2, 0.25) is 5.02 Å². The van der Waals surface area contributed by atoms with E-state index in [9.17, 15) is 11.0 Å². The Bertz CT molecular complexity index is 5990. The minimum Gasteiger partial charge on any atom is -0.311 e. The first-order chi connectivity index (χ1) is 51.1. The Kier molecular flexibility index (Phi) is 9.84. The van der Waals surface area contributed by atoms with Crippen molar-refractivity contribution in [1.29, 1.82) is 0 Å². The highest BCUT2D eigenvalue weighted by Crippen LogP contribution is 2.65. The second-order valence-electron chi connectivity index (χ2n) is 25.4. The molecule has 0 atom stereocenters. The summed E-state index contributed by atoms with van der Waals surface area (Å²) < 4.78 is 122. The number of anilines is 6.